The average molecular weight is 282 g/mol. The number of fused-ring (bicyclic) bond motifs is 1. The van der Waals surface area contributed by atoms with E-state index in [-0.39, 0.29) is 10.3 Å². The lowest BCUT2D eigenvalue weighted by Gasteiger charge is -2.03. The van der Waals surface area contributed by atoms with Crippen LogP contribution >= 0.6 is 46.4 Å². The highest BCUT2D eigenvalue weighted by molar-refractivity contribution is 6.44. The first-order valence-electron chi connectivity index (χ1n) is 3.99. The molecule has 1 aromatic carbocycles. The molecule has 2 nitrogen and oxygen atoms in total. The fraction of sp³-hybridized carbons (Fsp3) is 0.111. The molecule has 0 spiro atoms. The van der Waals surface area contributed by atoms with E-state index in [1.165, 1.54) is 0 Å². The molecule has 1 aromatic heterocycles. The van der Waals surface area contributed by atoms with Crippen molar-refractivity contribution < 1.29 is 0 Å². The highest BCUT2D eigenvalue weighted by Gasteiger charge is 2.08. The summed E-state index contributed by atoms with van der Waals surface area (Å²) < 4.78 is 0. The van der Waals surface area contributed by atoms with Crippen molar-refractivity contribution in [1.29, 1.82) is 0 Å². The summed E-state index contributed by atoms with van der Waals surface area (Å²) in [5.41, 5.74) is 2.02. The third kappa shape index (κ3) is 2.28. The van der Waals surface area contributed by atoms with Crippen molar-refractivity contribution in [3.8, 4) is 0 Å². The average Bonchev–Trinajstić information content (AvgIpc) is 2.19. The molecule has 0 bridgehead atoms. The Morgan fingerprint density at radius 2 is 1.53 bits per heavy atom. The minimum atomic E-state index is -0.592. The van der Waals surface area contributed by atoms with Gasteiger partial charge in [0.1, 0.15) is 4.84 Å². The van der Waals surface area contributed by atoms with Crippen LogP contribution in [0.5, 0.6) is 0 Å². The summed E-state index contributed by atoms with van der Waals surface area (Å²) in [6.07, 6.45) is 0. The van der Waals surface area contributed by atoms with Crippen LogP contribution in [0.25, 0.3) is 11.0 Å². The predicted octanol–water partition coefficient (Wildman–Crippen LogP) is 4.41. The van der Waals surface area contributed by atoms with E-state index < -0.39 is 4.84 Å². The Kier molecular flexibility index (Phi) is 3.21. The van der Waals surface area contributed by atoms with Crippen LogP contribution in [-0.4, -0.2) is 9.97 Å². The number of halogens is 4. The number of nitrogens with zero attached hydrogens (tertiary/aromatic N) is 2. The van der Waals surface area contributed by atoms with Gasteiger partial charge in [0.25, 0.3) is 0 Å². The van der Waals surface area contributed by atoms with E-state index >= 15 is 0 Å². The molecular formula is C9H4Cl4N2. The number of hydrogen-bond donors (Lipinski definition) is 0. The smallest absolute Gasteiger partial charge is 0.167 e. The molecule has 0 unspecified atom stereocenters. The van der Waals surface area contributed by atoms with Crippen LogP contribution in [0, 0.1) is 0 Å². The van der Waals surface area contributed by atoms with E-state index in [0.29, 0.717) is 11.0 Å². The predicted molar refractivity (Wildman–Crippen MR) is 64.0 cm³/mol. The van der Waals surface area contributed by atoms with E-state index in [1.807, 2.05) is 0 Å². The lowest BCUT2D eigenvalue weighted by Crippen LogP contribution is -1.89. The molecule has 0 N–H and O–H groups in total. The first-order valence-corrected chi connectivity index (χ1v) is 5.61. The van der Waals surface area contributed by atoms with Gasteiger partial charge in [0.05, 0.1) is 11.0 Å². The summed E-state index contributed by atoms with van der Waals surface area (Å²) in [4.78, 5) is 7.54. The van der Waals surface area contributed by atoms with Gasteiger partial charge < -0.3 is 0 Å². The lowest BCUT2D eigenvalue weighted by molar-refractivity contribution is 1.27. The van der Waals surface area contributed by atoms with E-state index in [1.54, 1.807) is 18.2 Å². The van der Waals surface area contributed by atoms with E-state index in [9.17, 15) is 0 Å². The van der Waals surface area contributed by atoms with Crippen LogP contribution in [0.15, 0.2) is 18.2 Å². The highest BCUT2D eigenvalue weighted by atomic mass is 35.5. The third-order valence-electron chi connectivity index (χ3n) is 1.86. The zero-order valence-electron chi connectivity index (χ0n) is 7.22. The molecule has 78 valence electrons. The summed E-state index contributed by atoms with van der Waals surface area (Å²) in [7, 11) is 0. The maximum Gasteiger partial charge on any atom is 0.167 e. The monoisotopic (exact) mass is 280 g/mol. The van der Waals surface area contributed by atoms with Crippen molar-refractivity contribution in [1.82, 2.24) is 9.97 Å². The molecule has 0 saturated heterocycles. The molecule has 6 heteroatoms. The van der Waals surface area contributed by atoms with Gasteiger partial charge in [-0.25, -0.2) is 9.97 Å². The van der Waals surface area contributed by atoms with Crippen LogP contribution in [0.4, 0.5) is 0 Å². The highest BCUT2D eigenvalue weighted by Crippen LogP contribution is 2.28. The zero-order chi connectivity index (χ0) is 11.0. The lowest BCUT2D eigenvalue weighted by atomic mass is 10.2. The molecule has 2 aromatic rings. The molecule has 0 aliphatic rings. The summed E-state index contributed by atoms with van der Waals surface area (Å²) >= 11 is 22.9. The summed E-state index contributed by atoms with van der Waals surface area (Å²) in [5.74, 6) is 0. The van der Waals surface area contributed by atoms with E-state index in [0.717, 1.165) is 5.56 Å². The van der Waals surface area contributed by atoms with E-state index in [4.69, 9.17) is 46.4 Å². The van der Waals surface area contributed by atoms with Gasteiger partial charge in [0.15, 0.2) is 10.3 Å². The molecule has 0 amide bonds. The quantitative estimate of drug-likeness (QED) is 0.724. The van der Waals surface area contributed by atoms with Crippen LogP contribution in [-0.2, 0) is 0 Å². The Bertz CT molecular complexity index is 513. The molecule has 0 aliphatic carbocycles. The normalized spacial score (nSPS) is 11.3. The van der Waals surface area contributed by atoms with Gasteiger partial charge in [-0.3, -0.25) is 0 Å². The van der Waals surface area contributed by atoms with Gasteiger partial charge in [0.2, 0.25) is 0 Å². The Labute approximate surface area is 106 Å². The zero-order valence-corrected chi connectivity index (χ0v) is 10.2. The first-order chi connectivity index (χ1) is 7.08. The number of alkyl halides is 2. The molecular weight excluding hydrogens is 278 g/mol. The van der Waals surface area contributed by atoms with Crippen molar-refractivity contribution in [2.75, 3.05) is 0 Å². The molecule has 0 saturated carbocycles. The second kappa shape index (κ2) is 4.30. The minimum Gasteiger partial charge on any atom is -0.231 e. The van der Waals surface area contributed by atoms with Crippen molar-refractivity contribution in [2.24, 2.45) is 0 Å². The van der Waals surface area contributed by atoms with Gasteiger partial charge >= 0.3 is 0 Å². The Morgan fingerprint density at radius 3 is 2.13 bits per heavy atom. The maximum absolute atomic E-state index is 5.75. The van der Waals surface area contributed by atoms with Crippen molar-refractivity contribution in [2.45, 2.75) is 4.84 Å². The first kappa shape index (κ1) is 11.2. The molecule has 0 atom stereocenters. The van der Waals surface area contributed by atoms with E-state index in [2.05, 4.69) is 9.97 Å². The van der Waals surface area contributed by atoms with Crippen molar-refractivity contribution in [3.63, 3.8) is 0 Å². The van der Waals surface area contributed by atoms with Gasteiger partial charge in [-0.15, -0.1) is 23.2 Å². The molecule has 0 fully saturated rings. The van der Waals surface area contributed by atoms with Gasteiger partial charge in [-0.2, -0.15) is 0 Å². The molecule has 0 radical (unpaired) electrons. The van der Waals surface area contributed by atoms with Crippen LogP contribution in [0.1, 0.15) is 10.4 Å². The number of aromatic nitrogens is 2. The largest absolute Gasteiger partial charge is 0.231 e. The SMILES string of the molecule is Clc1nc2ccc(C(Cl)Cl)cc2nc1Cl. The van der Waals surface area contributed by atoms with Crippen LogP contribution in [0.3, 0.4) is 0 Å². The number of hydrogen-bond acceptors (Lipinski definition) is 2. The fourth-order valence-electron chi connectivity index (χ4n) is 1.16. The summed E-state index contributed by atoms with van der Waals surface area (Å²) in [6.45, 7) is 0. The van der Waals surface area contributed by atoms with Crippen molar-refractivity contribution in [3.05, 3.63) is 34.1 Å². The van der Waals surface area contributed by atoms with Gasteiger partial charge in [-0.1, -0.05) is 29.3 Å². The van der Waals surface area contributed by atoms with Gasteiger partial charge in [-0.05, 0) is 17.7 Å². The van der Waals surface area contributed by atoms with Gasteiger partial charge in [0, 0.05) is 0 Å². The van der Waals surface area contributed by atoms with Crippen LogP contribution < -0.4 is 0 Å². The standard InChI is InChI=1S/C9H4Cl4N2/c10-7(11)4-1-2-5-6(3-4)15-9(13)8(12)14-5/h1-3,7H. The fourth-order valence-corrected chi connectivity index (χ4v) is 1.70. The summed E-state index contributed by atoms with van der Waals surface area (Å²) in [6, 6.07) is 5.25. The van der Waals surface area contributed by atoms with Crippen molar-refractivity contribution >= 4 is 57.4 Å². The number of rotatable bonds is 1. The Morgan fingerprint density at radius 1 is 0.933 bits per heavy atom. The third-order valence-corrected chi connectivity index (χ3v) is 2.99. The number of benzene rings is 1. The Balaban J connectivity index is 2.66. The molecule has 15 heavy (non-hydrogen) atoms. The Hall–Kier alpha value is -0.280. The molecule has 1 heterocycles. The second-order valence-electron chi connectivity index (χ2n) is 2.85. The second-order valence-corrected chi connectivity index (χ2v) is 4.67. The molecule has 0 aliphatic heterocycles. The molecule has 2 rings (SSSR count). The summed E-state index contributed by atoms with van der Waals surface area (Å²) in [5, 5.41) is 0.354. The topological polar surface area (TPSA) is 25.8 Å². The minimum absolute atomic E-state index is 0.169. The van der Waals surface area contributed by atoms with Crippen LogP contribution in [0.2, 0.25) is 10.3 Å². The maximum atomic E-state index is 5.75.